The first-order valence-corrected chi connectivity index (χ1v) is 5.26. The van der Waals surface area contributed by atoms with Gasteiger partial charge in [0.25, 0.3) is 0 Å². The van der Waals surface area contributed by atoms with Gasteiger partial charge in [-0.1, -0.05) is 32.1 Å². The average Bonchev–Trinajstić information content (AvgIpc) is 2.17. The molecule has 0 saturated heterocycles. The average molecular weight is 218 g/mol. The van der Waals surface area contributed by atoms with Crippen molar-refractivity contribution in [2.75, 3.05) is 0 Å². The number of thiol groups is 1. The number of carbonyl (C=O) groups is 1. The maximum atomic E-state index is 11.6. The Hall–Kier alpha value is -0.290. The predicted molar refractivity (Wildman–Crippen MR) is 59.2 cm³/mol. The van der Waals surface area contributed by atoms with Gasteiger partial charge in [0.05, 0.1) is 0 Å². The highest BCUT2D eigenvalue weighted by Crippen LogP contribution is 2.25. The normalized spacial score (nSPS) is 18.2. The van der Waals surface area contributed by atoms with Crippen molar-refractivity contribution in [3.63, 3.8) is 0 Å². The second-order valence-corrected chi connectivity index (χ2v) is 4.14. The Morgan fingerprint density at radius 3 is 2.38 bits per heavy atom. The number of amides is 1. The molecule has 3 nitrogen and oxygen atoms in total. The molecular formula is C8H14N2OS2. The predicted octanol–water partition coefficient (Wildman–Crippen LogP) is 1.48. The fraction of sp³-hybridized carbons (Fsp3) is 0.750. The third-order valence-corrected chi connectivity index (χ3v) is 3.10. The Labute approximate surface area is 89.2 Å². The molecule has 0 unspecified atom stereocenters. The summed E-state index contributed by atoms with van der Waals surface area (Å²) in [6.45, 7) is 0. The zero-order valence-corrected chi connectivity index (χ0v) is 9.11. The van der Waals surface area contributed by atoms with E-state index in [0.717, 1.165) is 30.0 Å². The molecular weight excluding hydrogens is 204 g/mol. The summed E-state index contributed by atoms with van der Waals surface area (Å²) in [4.78, 5) is 11.6. The van der Waals surface area contributed by atoms with Crippen LogP contribution in [0.3, 0.4) is 0 Å². The van der Waals surface area contributed by atoms with E-state index in [1.807, 2.05) is 0 Å². The largest absolute Gasteiger partial charge is 0.375 e. The van der Waals surface area contributed by atoms with Crippen molar-refractivity contribution in [2.45, 2.75) is 32.1 Å². The summed E-state index contributed by atoms with van der Waals surface area (Å²) < 4.78 is 1.09. The summed E-state index contributed by atoms with van der Waals surface area (Å²) in [5.41, 5.74) is 5.30. The summed E-state index contributed by atoms with van der Waals surface area (Å²) in [5.74, 6) is 0.0308. The molecule has 0 heterocycles. The lowest BCUT2D eigenvalue weighted by Gasteiger charge is -2.24. The van der Waals surface area contributed by atoms with Crippen molar-refractivity contribution >= 4 is 36.1 Å². The van der Waals surface area contributed by atoms with E-state index >= 15 is 0 Å². The van der Waals surface area contributed by atoms with Gasteiger partial charge in [-0.25, -0.2) is 4.31 Å². The van der Waals surface area contributed by atoms with Crippen molar-refractivity contribution in [3.05, 3.63) is 0 Å². The third-order valence-electron chi connectivity index (χ3n) is 2.37. The van der Waals surface area contributed by atoms with E-state index in [1.165, 1.54) is 6.42 Å². The first-order chi connectivity index (χ1) is 6.13. The molecule has 1 aliphatic rings. The molecule has 13 heavy (non-hydrogen) atoms. The van der Waals surface area contributed by atoms with Gasteiger partial charge in [-0.15, -0.1) is 0 Å². The van der Waals surface area contributed by atoms with Crippen molar-refractivity contribution < 1.29 is 4.79 Å². The van der Waals surface area contributed by atoms with E-state index in [1.54, 1.807) is 0 Å². The molecule has 0 aliphatic heterocycles. The Balaban J connectivity index is 2.50. The van der Waals surface area contributed by atoms with Crippen LogP contribution in [-0.4, -0.2) is 15.3 Å². The van der Waals surface area contributed by atoms with E-state index in [0.29, 0.717) is 0 Å². The second kappa shape index (κ2) is 4.81. The maximum absolute atomic E-state index is 11.6. The van der Waals surface area contributed by atoms with Crippen LogP contribution in [0.1, 0.15) is 32.1 Å². The minimum Gasteiger partial charge on any atom is -0.375 e. The summed E-state index contributed by atoms with van der Waals surface area (Å²) in [7, 11) is 0. The first kappa shape index (κ1) is 10.8. The minimum atomic E-state index is -0.0458. The van der Waals surface area contributed by atoms with E-state index < -0.39 is 0 Å². The Morgan fingerprint density at radius 2 is 1.92 bits per heavy atom. The Bertz CT molecular complexity index is 214. The number of hydrogen-bond donors (Lipinski definition) is 2. The third kappa shape index (κ3) is 2.84. The number of rotatable bonds is 1. The monoisotopic (exact) mass is 218 g/mol. The smallest absolute Gasteiger partial charge is 0.241 e. The fourth-order valence-corrected chi connectivity index (χ4v) is 1.88. The SMILES string of the molecule is NC(=S)N(S)C(=O)C1CCCCC1. The van der Waals surface area contributed by atoms with Crippen LogP contribution < -0.4 is 5.73 Å². The summed E-state index contributed by atoms with van der Waals surface area (Å²) in [5, 5.41) is 0.0407. The van der Waals surface area contributed by atoms with E-state index in [-0.39, 0.29) is 16.9 Å². The van der Waals surface area contributed by atoms with Crippen LogP contribution in [0.15, 0.2) is 0 Å². The molecule has 0 aromatic rings. The molecule has 0 radical (unpaired) electrons. The topological polar surface area (TPSA) is 46.3 Å². The zero-order valence-electron chi connectivity index (χ0n) is 7.40. The number of thiocarbonyl (C=S) groups is 1. The van der Waals surface area contributed by atoms with Gasteiger partial charge < -0.3 is 5.73 Å². The highest BCUT2D eigenvalue weighted by atomic mass is 32.1. The fourth-order valence-electron chi connectivity index (χ4n) is 1.63. The van der Waals surface area contributed by atoms with E-state index in [9.17, 15) is 4.79 Å². The lowest BCUT2D eigenvalue weighted by molar-refractivity contribution is -0.128. The van der Waals surface area contributed by atoms with Crippen LogP contribution in [0, 0.1) is 5.92 Å². The standard InChI is InChI=1S/C8H14N2OS2/c9-8(12)10(13)7(11)6-4-2-1-3-5-6/h6,13H,1-5H2,(H2,9,12). The molecule has 0 aromatic carbocycles. The molecule has 2 N–H and O–H groups in total. The van der Waals surface area contributed by atoms with Gasteiger partial charge in [0, 0.05) is 5.92 Å². The van der Waals surface area contributed by atoms with Crippen LogP contribution in [0.5, 0.6) is 0 Å². The van der Waals surface area contributed by atoms with Crippen LogP contribution in [0.4, 0.5) is 0 Å². The van der Waals surface area contributed by atoms with Gasteiger partial charge in [0.15, 0.2) is 5.11 Å². The molecule has 1 aliphatic carbocycles. The Morgan fingerprint density at radius 1 is 1.38 bits per heavy atom. The molecule has 0 atom stereocenters. The van der Waals surface area contributed by atoms with Crippen molar-refractivity contribution in [1.82, 2.24) is 4.31 Å². The van der Waals surface area contributed by atoms with Gasteiger partial charge in [0.1, 0.15) is 0 Å². The summed E-state index contributed by atoms with van der Waals surface area (Å²) >= 11 is 8.62. The molecule has 1 rings (SSSR count). The van der Waals surface area contributed by atoms with Gasteiger partial charge in [-0.2, -0.15) is 0 Å². The van der Waals surface area contributed by atoms with Crippen LogP contribution in [0.2, 0.25) is 0 Å². The number of nitrogens with two attached hydrogens (primary N) is 1. The van der Waals surface area contributed by atoms with Crippen molar-refractivity contribution in [3.8, 4) is 0 Å². The molecule has 0 spiro atoms. The summed E-state index contributed by atoms with van der Waals surface area (Å²) in [6, 6.07) is 0. The van der Waals surface area contributed by atoms with Gasteiger partial charge in [-0.3, -0.25) is 4.79 Å². The lowest BCUT2D eigenvalue weighted by atomic mass is 9.89. The van der Waals surface area contributed by atoms with Crippen LogP contribution in [-0.2, 0) is 4.79 Å². The van der Waals surface area contributed by atoms with Crippen LogP contribution in [0.25, 0.3) is 0 Å². The van der Waals surface area contributed by atoms with E-state index in [2.05, 4.69) is 25.0 Å². The highest BCUT2D eigenvalue weighted by molar-refractivity contribution is 7.84. The van der Waals surface area contributed by atoms with Gasteiger partial charge in [-0.05, 0) is 25.1 Å². The minimum absolute atomic E-state index is 0.0407. The van der Waals surface area contributed by atoms with Crippen molar-refractivity contribution in [2.24, 2.45) is 11.7 Å². The van der Waals surface area contributed by atoms with Gasteiger partial charge >= 0.3 is 0 Å². The summed E-state index contributed by atoms with van der Waals surface area (Å²) in [6.07, 6.45) is 5.35. The number of hydrogen-bond acceptors (Lipinski definition) is 3. The highest BCUT2D eigenvalue weighted by Gasteiger charge is 2.25. The second-order valence-electron chi connectivity index (χ2n) is 3.32. The maximum Gasteiger partial charge on any atom is 0.241 e. The van der Waals surface area contributed by atoms with Crippen molar-refractivity contribution in [1.29, 1.82) is 0 Å². The Kier molecular flexibility index (Phi) is 3.99. The molecule has 5 heteroatoms. The zero-order chi connectivity index (χ0) is 9.84. The lowest BCUT2D eigenvalue weighted by Crippen LogP contribution is -2.37. The molecule has 74 valence electrons. The quantitative estimate of drug-likeness (QED) is 0.518. The molecule has 1 saturated carbocycles. The van der Waals surface area contributed by atoms with Gasteiger partial charge in [0.2, 0.25) is 5.91 Å². The molecule has 0 bridgehead atoms. The van der Waals surface area contributed by atoms with E-state index in [4.69, 9.17) is 5.73 Å². The van der Waals surface area contributed by atoms with Crippen LogP contribution >= 0.6 is 25.0 Å². The number of carbonyl (C=O) groups excluding carboxylic acids is 1. The number of nitrogens with zero attached hydrogens (tertiary/aromatic N) is 1. The first-order valence-electron chi connectivity index (χ1n) is 4.45. The molecule has 1 amide bonds. The molecule has 1 fully saturated rings. The molecule has 0 aromatic heterocycles.